The van der Waals surface area contributed by atoms with Crippen molar-refractivity contribution in [2.24, 2.45) is 0 Å². The Morgan fingerprint density at radius 1 is 1.06 bits per heavy atom. The molecule has 0 aromatic heterocycles. The fourth-order valence-electron chi connectivity index (χ4n) is 1.93. The molecule has 1 heteroatoms. The molecule has 0 radical (unpaired) electrons. The van der Waals surface area contributed by atoms with E-state index in [-0.39, 0.29) is 0 Å². The van der Waals surface area contributed by atoms with Gasteiger partial charge in [0.2, 0.25) is 0 Å². The van der Waals surface area contributed by atoms with Gasteiger partial charge >= 0.3 is 0 Å². The molecule has 0 aliphatic heterocycles. The molecule has 0 fully saturated rings. The molecular formula is C17H18O. The van der Waals surface area contributed by atoms with Crippen molar-refractivity contribution in [2.75, 3.05) is 6.61 Å². The van der Waals surface area contributed by atoms with Crippen LogP contribution in [0.3, 0.4) is 0 Å². The van der Waals surface area contributed by atoms with Gasteiger partial charge in [0.15, 0.2) is 0 Å². The van der Waals surface area contributed by atoms with Gasteiger partial charge in [-0.1, -0.05) is 68.1 Å². The van der Waals surface area contributed by atoms with Crippen LogP contribution in [0.15, 0.2) is 55.1 Å². The smallest absolute Gasteiger partial charge is 0.134 e. The van der Waals surface area contributed by atoms with Gasteiger partial charge in [0.05, 0.1) is 6.61 Å². The monoisotopic (exact) mass is 238 g/mol. The summed E-state index contributed by atoms with van der Waals surface area (Å²) < 4.78 is 5.89. The minimum absolute atomic E-state index is 0.727. The van der Waals surface area contributed by atoms with Crippen molar-refractivity contribution in [2.45, 2.75) is 13.3 Å². The highest BCUT2D eigenvalue weighted by Crippen LogP contribution is 2.33. The zero-order chi connectivity index (χ0) is 12.8. The summed E-state index contributed by atoms with van der Waals surface area (Å²) in [5.41, 5.74) is 3.35. The van der Waals surface area contributed by atoms with E-state index in [9.17, 15) is 0 Å². The predicted octanol–water partition coefficient (Wildman–Crippen LogP) is 4.79. The molecule has 0 saturated heterocycles. The lowest BCUT2D eigenvalue weighted by molar-refractivity contribution is 0.318. The first-order valence-corrected chi connectivity index (χ1v) is 6.30. The molecule has 2 aromatic carbocycles. The van der Waals surface area contributed by atoms with Crippen LogP contribution in [0.4, 0.5) is 0 Å². The minimum atomic E-state index is 0.727. The summed E-state index contributed by atoms with van der Waals surface area (Å²) in [5.74, 6) is 0.931. The number of hydrogen-bond acceptors (Lipinski definition) is 1. The lowest BCUT2D eigenvalue weighted by atomic mass is 10.0. The van der Waals surface area contributed by atoms with Gasteiger partial charge in [-0.05, 0) is 12.0 Å². The van der Waals surface area contributed by atoms with E-state index in [4.69, 9.17) is 4.74 Å². The molecule has 2 aromatic rings. The largest absolute Gasteiger partial charge is 0.492 e. The standard InChI is InChI=1S/C17H18O/c1-3-13-18-17-14(4-2)11-8-12-16(17)15-9-6-5-7-10-15/h4-12H,2-3,13H2,1H3. The maximum absolute atomic E-state index is 5.89. The molecule has 2 rings (SSSR count). The van der Waals surface area contributed by atoms with Crippen LogP contribution in [-0.4, -0.2) is 6.61 Å². The zero-order valence-corrected chi connectivity index (χ0v) is 10.7. The maximum atomic E-state index is 5.89. The normalized spacial score (nSPS) is 10.1. The molecular weight excluding hydrogens is 220 g/mol. The summed E-state index contributed by atoms with van der Waals surface area (Å²) in [5, 5.41) is 0. The van der Waals surface area contributed by atoms with Gasteiger partial charge < -0.3 is 4.74 Å². The first kappa shape index (κ1) is 12.4. The van der Waals surface area contributed by atoms with Crippen LogP contribution in [0.25, 0.3) is 17.2 Å². The quantitative estimate of drug-likeness (QED) is 0.728. The van der Waals surface area contributed by atoms with Crippen molar-refractivity contribution < 1.29 is 4.74 Å². The van der Waals surface area contributed by atoms with E-state index in [0.717, 1.165) is 29.9 Å². The number of para-hydroxylation sites is 1. The zero-order valence-electron chi connectivity index (χ0n) is 10.7. The molecule has 0 amide bonds. The third kappa shape index (κ3) is 2.62. The summed E-state index contributed by atoms with van der Waals surface area (Å²) in [4.78, 5) is 0. The molecule has 18 heavy (non-hydrogen) atoms. The fraction of sp³-hybridized carbons (Fsp3) is 0.176. The summed E-state index contributed by atoms with van der Waals surface area (Å²) in [6, 6.07) is 16.5. The Bertz CT molecular complexity index is 514. The second-order valence-electron chi connectivity index (χ2n) is 4.14. The highest BCUT2D eigenvalue weighted by molar-refractivity contribution is 5.76. The Kier molecular flexibility index (Phi) is 4.19. The Balaban J connectivity index is 2.49. The minimum Gasteiger partial charge on any atom is -0.492 e. The summed E-state index contributed by atoms with van der Waals surface area (Å²) >= 11 is 0. The summed E-state index contributed by atoms with van der Waals surface area (Å²) in [6.45, 7) is 6.69. The van der Waals surface area contributed by atoms with Crippen LogP contribution in [-0.2, 0) is 0 Å². The van der Waals surface area contributed by atoms with Gasteiger partial charge in [0.25, 0.3) is 0 Å². The van der Waals surface area contributed by atoms with Crippen LogP contribution in [0.5, 0.6) is 5.75 Å². The van der Waals surface area contributed by atoms with Gasteiger partial charge in [0, 0.05) is 11.1 Å². The predicted molar refractivity (Wildman–Crippen MR) is 77.8 cm³/mol. The topological polar surface area (TPSA) is 9.23 Å². The highest BCUT2D eigenvalue weighted by atomic mass is 16.5. The van der Waals surface area contributed by atoms with Crippen LogP contribution in [0.1, 0.15) is 18.9 Å². The molecule has 0 bridgehead atoms. The molecule has 0 saturated carbocycles. The number of benzene rings is 2. The number of rotatable bonds is 5. The Morgan fingerprint density at radius 3 is 2.50 bits per heavy atom. The van der Waals surface area contributed by atoms with Crippen molar-refractivity contribution in [1.29, 1.82) is 0 Å². The van der Waals surface area contributed by atoms with Crippen molar-refractivity contribution in [3.63, 3.8) is 0 Å². The van der Waals surface area contributed by atoms with E-state index in [2.05, 4.69) is 31.7 Å². The van der Waals surface area contributed by atoms with Crippen molar-refractivity contribution >= 4 is 6.08 Å². The first-order valence-electron chi connectivity index (χ1n) is 6.30. The molecule has 0 heterocycles. The van der Waals surface area contributed by atoms with Gasteiger partial charge in [-0.3, -0.25) is 0 Å². The van der Waals surface area contributed by atoms with Crippen molar-refractivity contribution in [3.05, 3.63) is 60.7 Å². The lowest BCUT2D eigenvalue weighted by Crippen LogP contribution is -1.99. The molecule has 1 nitrogen and oxygen atoms in total. The van der Waals surface area contributed by atoms with Gasteiger partial charge in [0.1, 0.15) is 5.75 Å². The van der Waals surface area contributed by atoms with E-state index in [1.807, 2.05) is 36.4 Å². The third-order valence-corrected chi connectivity index (χ3v) is 2.80. The highest BCUT2D eigenvalue weighted by Gasteiger charge is 2.09. The summed E-state index contributed by atoms with van der Waals surface area (Å²) in [7, 11) is 0. The molecule has 0 spiro atoms. The molecule has 0 aliphatic rings. The Morgan fingerprint density at radius 2 is 1.83 bits per heavy atom. The van der Waals surface area contributed by atoms with Crippen molar-refractivity contribution in [1.82, 2.24) is 0 Å². The number of ether oxygens (including phenoxy) is 1. The fourth-order valence-corrected chi connectivity index (χ4v) is 1.93. The average Bonchev–Trinajstić information content (AvgIpc) is 2.45. The summed E-state index contributed by atoms with van der Waals surface area (Å²) in [6.07, 6.45) is 2.84. The van der Waals surface area contributed by atoms with Crippen LogP contribution >= 0.6 is 0 Å². The Hall–Kier alpha value is -2.02. The van der Waals surface area contributed by atoms with Crippen molar-refractivity contribution in [3.8, 4) is 16.9 Å². The van der Waals surface area contributed by atoms with Crippen LogP contribution < -0.4 is 4.74 Å². The third-order valence-electron chi connectivity index (χ3n) is 2.80. The molecule has 0 aliphatic carbocycles. The first-order chi connectivity index (χ1) is 8.86. The van der Waals surface area contributed by atoms with E-state index < -0.39 is 0 Å². The average molecular weight is 238 g/mol. The van der Waals surface area contributed by atoms with Gasteiger partial charge in [-0.2, -0.15) is 0 Å². The maximum Gasteiger partial charge on any atom is 0.134 e. The number of hydrogen-bond donors (Lipinski definition) is 0. The lowest BCUT2D eigenvalue weighted by Gasteiger charge is -2.14. The van der Waals surface area contributed by atoms with E-state index in [1.54, 1.807) is 0 Å². The van der Waals surface area contributed by atoms with Gasteiger partial charge in [-0.25, -0.2) is 0 Å². The second-order valence-corrected chi connectivity index (χ2v) is 4.14. The molecule has 0 atom stereocenters. The van der Waals surface area contributed by atoms with E-state index >= 15 is 0 Å². The van der Waals surface area contributed by atoms with E-state index in [0.29, 0.717) is 0 Å². The van der Waals surface area contributed by atoms with Crippen LogP contribution in [0, 0.1) is 0 Å². The molecule has 0 N–H and O–H groups in total. The molecule has 92 valence electrons. The Labute approximate surface area is 109 Å². The second kappa shape index (κ2) is 6.06. The molecule has 0 unspecified atom stereocenters. The van der Waals surface area contributed by atoms with Gasteiger partial charge in [-0.15, -0.1) is 0 Å². The van der Waals surface area contributed by atoms with E-state index in [1.165, 1.54) is 5.56 Å². The SMILES string of the molecule is C=Cc1cccc(-c2ccccc2)c1OCCC. The van der Waals surface area contributed by atoms with Crippen LogP contribution in [0.2, 0.25) is 0 Å².